The predicted molar refractivity (Wildman–Crippen MR) is 111 cm³/mol. The van der Waals surface area contributed by atoms with Gasteiger partial charge in [0.05, 0.1) is 11.4 Å². The van der Waals surface area contributed by atoms with Crippen LogP contribution < -0.4 is 10.3 Å². The quantitative estimate of drug-likeness (QED) is 0.742. The highest BCUT2D eigenvalue weighted by Crippen LogP contribution is 2.27. The summed E-state index contributed by atoms with van der Waals surface area (Å²) in [4.78, 5) is 29.2. The van der Waals surface area contributed by atoms with E-state index in [1.165, 1.54) is 6.07 Å². The molecule has 148 valence electrons. The van der Waals surface area contributed by atoms with Crippen LogP contribution in [0.2, 0.25) is 0 Å². The molecule has 1 aliphatic heterocycles. The van der Waals surface area contributed by atoms with E-state index >= 15 is 0 Å². The number of hydrogen-bond acceptors (Lipinski definition) is 5. The molecule has 0 atom stereocenters. The van der Waals surface area contributed by atoms with Gasteiger partial charge in [-0.15, -0.1) is 0 Å². The third-order valence-corrected chi connectivity index (χ3v) is 5.10. The summed E-state index contributed by atoms with van der Waals surface area (Å²) in [5.74, 6) is -0.144. The number of nitrogens with zero attached hydrogens (tertiary/aromatic N) is 4. The van der Waals surface area contributed by atoms with Crippen molar-refractivity contribution in [1.82, 2.24) is 14.7 Å². The number of amides is 1. The standard InChI is InChI=1S/C22H22N4O3/c1-16-15-20(28)21(23-26(16)17-7-3-2-4-8-17)22(29)25-13-11-24(12-14-25)18-9-5-6-10-19(18)27/h2-10,15,27H,11-14H2,1H3. The van der Waals surface area contributed by atoms with Crippen molar-refractivity contribution in [3.8, 4) is 11.4 Å². The van der Waals surface area contributed by atoms with E-state index in [0.29, 0.717) is 31.9 Å². The summed E-state index contributed by atoms with van der Waals surface area (Å²) in [6.07, 6.45) is 0. The highest BCUT2D eigenvalue weighted by atomic mass is 16.3. The molecule has 29 heavy (non-hydrogen) atoms. The maximum Gasteiger partial charge on any atom is 0.278 e. The molecule has 2 aromatic carbocycles. The SMILES string of the molecule is Cc1cc(=O)c(C(=O)N2CCN(c3ccccc3O)CC2)nn1-c1ccccc1. The van der Waals surface area contributed by atoms with Crippen molar-refractivity contribution < 1.29 is 9.90 Å². The Hall–Kier alpha value is -3.61. The molecule has 0 radical (unpaired) electrons. The Morgan fingerprint density at radius 2 is 1.62 bits per heavy atom. The number of benzene rings is 2. The lowest BCUT2D eigenvalue weighted by Gasteiger charge is -2.36. The van der Waals surface area contributed by atoms with Gasteiger partial charge in [0.1, 0.15) is 5.75 Å². The van der Waals surface area contributed by atoms with Crippen LogP contribution in [0.25, 0.3) is 5.69 Å². The minimum absolute atomic E-state index is 0.0736. The van der Waals surface area contributed by atoms with Crippen LogP contribution in [0.4, 0.5) is 5.69 Å². The molecule has 2 heterocycles. The summed E-state index contributed by atoms with van der Waals surface area (Å²) in [5.41, 5.74) is 1.77. The number of phenolic OH excluding ortho intramolecular Hbond substituents is 1. The van der Waals surface area contributed by atoms with E-state index in [0.717, 1.165) is 11.4 Å². The molecule has 0 unspecified atom stereocenters. The van der Waals surface area contributed by atoms with Gasteiger partial charge in [0, 0.05) is 37.9 Å². The normalized spacial score (nSPS) is 14.1. The van der Waals surface area contributed by atoms with Gasteiger partial charge in [0.25, 0.3) is 5.91 Å². The van der Waals surface area contributed by atoms with Gasteiger partial charge in [-0.1, -0.05) is 30.3 Å². The molecule has 0 spiro atoms. The Labute approximate surface area is 168 Å². The van der Waals surface area contributed by atoms with Crippen LogP contribution in [0, 0.1) is 6.92 Å². The highest BCUT2D eigenvalue weighted by molar-refractivity contribution is 5.92. The van der Waals surface area contributed by atoms with Crippen LogP contribution in [0.1, 0.15) is 16.2 Å². The van der Waals surface area contributed by atoms with E-state index in [2.05, 4.69) is 5.10 Å². The third-order valence-electron chi connectivity index (χ3n) is 5.10. The lowest BCUT2D eigenvalue weighted by atomic mass is 10.2. The lowest BCUT2D eigenvalue weighted by molar-refractivity contribution is 0.0737. The maximum absolute atomic E-state index is 13.0. The molecule has 7 nitrogen and oxygen atoms in total. The first kappa shape index (κ1) is 18.7. The second kappa shape index (κ2) is 7.79. The fraction of sp³-hybridized carbons (Fsp3) is 0.227. The van der Waals surface area contributed by atoms with Crippen molar-refractivity contribution >= 4 is 11.6 Å². The number of rotatable bonds is 3. The molecule has 1 saturated heterocycles. The summed E-state index contributed by atoms with van der Waals surface area (Å²) in [6, 6.07) is 18.0. The first-order chi connectivity index (χ1) is 14.0. The van der Waals surface area contributed by atoms with E-state index in [4.69, 9.17) is 0 Å². The number of aryl methyl sites for hydroxylation is 1. The molecule has 7 heteroatoms. The average molecular weight is 390 g/mol. The van der Waals surface area contributed by atoms with Crippen LogP contribution in [-0.4, -0.2) is 51.9 Å². The Morgan fingerprint density at radius 1 is 0.966 bits per heavy atom. The Bertz CT molecular complexity index is 1090. The number of piperazine rings is 1. The predicted octanol–water partition coefficient (Wildman–Crippen LogP) is 2.21. The van der Waals surface area contributed by atoms with Gasteiger partial charge < -0.3 is 14.9 Å². The van der Waals surface area contributed by atoms with Gasteiger partial charge in [-0.2, -0.15) is 5.10 Å². The molecule has 3 aromatic rings. The molecular formula is C22H22N4O3. The molecule has 1 amide bonds. The number of aromatic hydroxyl groups is 1. The fourth-order valence-electron chi connectivity index (χ4n) is 3.56. The van der Waals surface area contributed by atoms with Crippen LogP contribution >= 0.6 is 0 Å². The zero-order valence-electron chi connectivity index (χ0n) is 16.2. The van der Waals surface area contributed by atoms with E-state index in [1.54, 1.807) is 28.6 Å². The minimum Gasteiger partial charge on any atom is -0.506 e. The van der Waals surface area contributed by atoms with Crippen molar-refractivity contribution in [2.75, 3.05) is 31.1 Å². The number of aromatic nitrogens is 2. The average Bonchev–Trinajstić information content (AvgIpc) is 2.74. The summed E-state index contributed by atoms with van der Waals surface area (Å²) in [7, 11) is 0. The lowest BCUT2D eigenvalue weighted by Crippen LogP contribution is -2.50. The Kier molecular flexibility index (Phi) is 5.03. The molecule has 0 aliphatic carbocycles. The van der Waals surface area contributed by atoms with Crippen molar-refractivity contribution in [3.05, 3.63) is 82.3 Å². The number of carbonyl (C=O) groups excluding carboxylic acids is 1. The first-order valence-corrected chi connectivity index (χ1v) is 9.53. The second-order valence-electron chi connectivity index (χ2n) is 7.01. The first-order valence-electron chi connectivity index (χ1n) is 9.53. The van der Waals surface area contributed by atoms with Gasteiger partial charge in [-0.05, 0) is 31.2 Å². The monoisotopic (exact) mass is 390 g/mol. The summed E-state index contributed by atoms with van der Waals surface area (Å²) >= 11 is 0. The van der Waals surface area contributed by atoms with Crippen LogP contribution in [0.5, 0.6) is 5.75 Å². The maximum atomic E-state index is 13.0. The van der Waals surface area contributed by atoms with Crippen molar-refractivity contribution in [1.29, 1.82) is 0 Å². The van der Waals surface area contributed by atoms with E-state index < -0.39 is 0 Å². The Balaban J connectivity index is 1.55. The molecule has 4 rings (SSSR count). The number of carbonyl (C=O) groups is 1. The molecule has 0 saturated carbocycles. The fourth-order valence-corrected chi connectivity index (χ4v) is 3.56. The van der Waals surface area contributed by atoms with Crippen molar-refractivity contribution in [2.45, 2.75) is 6.92 Å². The highest BCUT2D eigenvalue weighted by Gasteiger charge is 2.26. The van der Waals surface area contributed by atoms with Gasteiger partial charge in [-0.25, -0.2) is 4.68 Å². The largest absolute Gasteiger partial charge is 0.506 e. The van der Waals surface area contributed by atoms with Crippen LogP contribution in [0.3, 0.4) is 0 Å². The van der Waals surface area contributed by atoms with Crippen LogP contribution in [0.15, 0.2) is 65.5 Å². The number of phenols is 1. The smallest absolute Gasteiger partial charge is 0.278 e. The molecule has 1 N–H and O–H groups in total. The van der Waals surface area contributed by atoms with Gasteiger partial charge >= 0.3 is 0 Å². The Morgan fingerprint density at radius 3 is 2.31 bits per heavy atom. The molecule has 1 aliphatic rings. The van der Waals surface area contributed by atoms with Crippen LogP contribution in [-0.2, 0) is 0 Å². The summed E-state index contributed by atoms with van der Waals surface area (Å²) in [6.45, 7) is 3.84. The van der Waals surface area contributed by atoms with E-state index in [1.807, 2.05) is 47.4 Å². The van der Waals surface area contributed by atoms with E-state index in [9.17, 15) is 14.7 Å². The summed E-state index contributed by atoms with van der Waals surface area (Å²) < 4.78 is 1.62. The minimum atomic E-state index is -0.372. The van der Waals surface area contributed by atoms with Gasteiger partial charge in [0.15, 0.2) is 5.69 Å². The third kappa shape index (κ3) is 3.71. The van der Waals surface area contributed by atoms with Gasteiger partial charge in [-0.3, -0.25) is 9.59 Å². The van der Waals surface area contributed by atoms with E-state index in [-0.39, 0.29) is 22.8 Å². The zero-order chi connectivity index (χ0) is 20.4. The second-order valence-corrected chi connectivity index (χ2v) is 7.01. The number of anilines is 1. The number of hydrogen-bond donors (Lipinski definition) is 1. The molecule has 1 fully saturated rings. The summed E-state index contributed by atoms with van der Waals surface area (Å²) in [5, 5.41) is 14.4. The van der Waals surface area contributed by atoms with Gasteiger partial charge in [0.2, 0.25) is 5.43 Å². The molecule has 0 bridgehead atoms. The zero-order valence-corrected chi connectivity index (χ0v) is 16.2. The number of para-hydroxylation sites is 3. The van der Waals surface area contributed by atoms with Crippen molar-refractivity contribution in [2.24, 2.45) is 0 Å². The topological polar surface area (TPSA) is 78.7 Å². The molecule has 1 aromatic heterocycles. The molecular weight excluding hydrogens is 368 g/mol. The van der Waals surface area contributed by atoms with Crippen molar-refractivity contribution in [3.63, 3.8) is 0 Å².